The van der Waals surface area contributed by atoms with E-state index in [1.54, 1.807) is 25.1 Å². The predicted octanol–water partition coefficient (Wildman–Crippen LogP) is 1.22. The summed E-state index contributed by atoms with van der Waals surface area (Å²) in [5.41, 5.74) is 1.43. The highest BCUT2D eigenvalue weighted by Crippen LogP contribution is 2.14. The standard InChI is InChI=1S/C11H11N3O/c1-8(15)7-14-11-3-2-9(5-12)10(4-11)6-13/h2-4,8,14-15H,7H2,1H3/t8-/m1/s1. The van der Waals surface area contributed by atoms with Crippen LogP contribution >= 0.6 is 0 Å². The van der Waals surface area contributed by atoms with Crippen LogP contribution in [-0.2, 0) is 0 Å². The van der Waals surface area contributed by atoms with Crippen LogP contribution in [0.15, 0.2) is 18.2 Å². The lowest BCUT2D eigenvalue weighted by Gasteiger charge is -2.08. The van der Waals surface area contributed by atoms with Gasteiger partial charge in [0, 0.05) is 12.2 Å². The summed E-state index contributed by atoms with van der Waals surface area (Å²) in [4.78, 5) is 0. The fraction of sp³-hybridized carbons (Fsp3) is 0.273. The maximum absolute atomic E-state index is 9.06. The van der Waals surface area contributed by atoms with Crippen LogP contribution in [0.5, 0.6) is 0 Å². The van der Waals surface area contributed by atoms with Crippen molar-refractivity contribution < 1.29 is 5.11 Å². The van der Waals surface area contributed by atoms with Gasteiger partial charge in [0.25, 0.3) is 0 Å². The van der Waals surface area contributed by atoms with Gasteiger partial charge < -0.3 is 10.4 Å². The van der Waals surface area contributed by atoms with Crippen LogP contribution in [0.1, 0.15) is 18.1 Å². The van der Waals surface area contributed by atoms with Crippen LogP contribution in [0.3, 0.4) is 0 Å². The summed E-state index contributed by atoms with van der Waals surface area (Å²) in [6, 6.07) is 8.78. The molecule has 0 aliphatic rings. The van der Waals surface area contributed by atoms with Gasteiger partial charge in [-0.15, -0.1) is 0 Å². The van der Waals surface area contributed by atoms with Crippen LogP contribution in [0.25, 0.3) is 0 Å². The highest BCUT2D eigenvalue weighted by molar-refractivity contribution is 5.56. The summed E-state index contributed by atoms with van der Waals surface area (Å²) in [6.07, 6.45) is -0.453. The Hall–Kier alpha value is -2.04. The van der Waals surface area contributed by atoms with E-state index < -0.39 is 6.10 Å². The Balaban J connectivity index is 2.86. The Morgan fingerprint density at radius 3 is 2.53 bits per heavy atom. The molecule has 0 saturated carbocycles. The summed E-state index contributed by atoms with van der Waals surface area (Å²) in [6.45, 7) is 2.08. The minimum Gasteiger partial charge on any atom is -0.392 e. The van der Waals surface area contributed by atoms with E-state index in [0.717, 1.165) is 5.69 Å². The van der Waals surface area contributed by atoms with E-state index in [0.29, 0.717) is 17.7 Å². The normalized spacial score (nSPS) is 11.2. The molecule has 4 nitrogen and oxygen atoms in total. The first-order valence-electron chi connectivity index (χ1n) is 4.53. The van der Waals surface area contributed by atoms with Gasteiger partial charge in [-0.25, -0.2) is 0 Å². The first-order chi connectivity index (χ1) is 7.17. The van der Waals surface area contributed by atoms with Crippen LogP contribution in [-0.4, -0.2) is 17.8 Å². The van der Waals surface area contributed by atoms with Gasteiger partial charge >= 0.3 is 0 Å². The van der Waals surface area contributed by atoms with Gasteiger partial charge in [0.15, 0.2) is 0 Å². The van der Waals surface area contributed by atoms with Crippen LogP contribution in [0.2, 0.25) is 0 Å². The van der Waals surface area contributed by atoms with E-state index in [2.05, 4.69) is 5.32 Å². The number of anilines is 1. The lowest BCUT2D eigenvalue weighted by Crippen LogP contribution is -2.15. The minimum atomic E-state index is -0.453. The van der Waals surface area contributed by atoms with E-state index in [9.17, 15) is 0 Å². The molecule has 0 spiro atoms. The number of nitrogens with zero attached hydrogens (tertiary/aromatic N) is 2. The molecular weight excluding hydrogens is 190 g/mol. The number of nitriles is 2. The van der Waals surface area contributed by atoms with E-state index in [1.807, 2.05) is 12.1 Å². The molecule has 0 fully saturated rings. The number of rotatable bonds is 3. The average molecular weight is 201 g/mol. The van der Waals surface area contributed by atoms with Crippen molar-refractivity contribution in [1.82, 2.24) is 0 Å². The quantitative estimate of drug-likeness (QED) is 0.770. The fourth-order valence-corrected chi connectivity index (χ4v) is 1.11. The number of aliphatic hydroxyl groups is 1. The zero-order valence-corrected chi connectivity index (χ0v) is 8.36. The summed E-state index contributed by atoms with van der Waals surface area (Å²) in [7, 11) is 0. The molecule has 0 heterocycles. The van der Waals surface area contributed by atoms with E-state index in [1.165, 1.54) is 0 Å². The van der Waals surface area contributed by atoms with Gasteiger partial charge in [-0.1, -0.05) is 0 Å². The Morgan fingerprint density at radius 2 is 2.00 bits per heavy atom. The van der Waals surface area contributed by atoms with Gasteiger partial charge in [0.2, 0.25) is 0 Å². The Bertz CT molecular complexity index is 426. The molecule has 4 heteroatoms. The van der Waals surface area contributed by atoms with Crippen LogP contribution in [0, 0.1) is 22.7 Å². The van der Waals surface area contributed by atoms with Gasteiger partial charge in [0.1, 0.15) is 12.1 Å². The monoisotopic (exact) mass is 201 g/mol. The molecule has 1 atom stereocenters. The average Bonchev–Trinajstić information content (AvgIpc) is 2.25. The second-order valence-corrected chi connectivity index (χ2v) is 3.21. The van der Waals surface area contributed by atoms with Crippen molar-refractivity contribution in [2.24, 2.45) is 0 Å². The molecule has 15 heavy (non-hydrogen) atoms. The van der Waals surface area contributed by atoms with Gasteiger partial charge in [-0.2, -0.15) is 10.5 Å². The summed E-state index contributed by atoms with van der Waals surface area (Å²) >= 11 is 0. The number of benzene rings is 1. The number of nitrogens with one attached hydrogen (secondary N) is 1. The van der Waals surface area contributed by atoms with Gasteiger partial charge in [0.05, 0.1) is 17.2 Å². The van der Waals surface area contributed by atoms with Crippen molar-refractivity contribution in [3.05, 3.63) is 29.3 Å². The van der Waals surface area contributed by atoms with Gasteiger partial charge in [-0.05, 0) is 25.1 Å². The van der Waals surface area contributed by atoms with Crippen molar-refractivity contribution in [2.75, 3.05) is 11.9 Å². The predicted molar refractivity (Wildman–Crippen MR) is 56.0 cm³/mol. The maximum Gasteiger partial charge on any atom is 0.101 e. The number of aliphatic hydroxyl groups excluding tert-OH is 1. The zero-order chi connectivity index (χ0) is 11.3. The summed E-state index contributed by atoms with van der Waals surface area (Å²) in [5.74, 6) is 0. The van der Waals surface area contributed by atoms with Crippen LogP contribution < -0.4 is 5.32 Å². The first kappa shape index (κ1) is 11.0. The molecular formula is C11H11N3O. The third-order valence-corrected chi connectivity index (χ3v) is 1.86. The minimum absolute atomic E-state index is 0.341. The van der Waals surface area contributed by atoms with Crippen molar-refractivity contribution in [2.45, 2.75) is 13.0 Å². The molecule has 1 aromatic carbocycles. The lowest BCUT2D eigenvalue weighted by atomic mass is 10.1. The highest BCUT2D eigenvalue weighted by Gasteiger charge is 2.03. The molecule has 0 saturated heterocycles. The molecule has 0 aromatic heterocycles. The SMILES string of the molecule is C[C@@H](O)CNc1ccc(C#N)c(C#N)c1. The molecule has 0 aliphatic heterocycles. The third kappa shape index (κ3) is 2.98. The maximum atomic E-state index is 9.06. The lowest BCUT2D eigenvalue weighted by molar-refractivity contribution is 0.208. The summed E-state index contributed by atoms with van der Waals surface area (Å²) in [5, 5.41) is 29.5. The van der Waals surface area contributed by atoms with E-state index in [4.69, 9.17) is 15.6 Å². The van der Waals surface area contributed by atoms with Crippen LogP contribution in [0.4, 0.5) is 5.69 Å². The largest absolute Gasteiger partial charge is 0.392 e. The zero-order valence-electron chi connectivity index (χ0n) is 8.36. The Morgan fingerprint density at radius 1 is 1.33 bits per heavy atom. The van der Waals surface area contributed by atoms with Gasteiger partial charge in [-0.3, -0.25) is 0 Å². The summed E-state index contributed by atoms with van der Waals surface area (Å²) < 4.78 is 0. The highest BCUT2D eigenvalue weighted by atomic mass is 16.3. The van der Waals surface area contributed by atoms with Crippen molar-refractivity contribution in [3.8, 4) is 12.1 Å². The molecule has 0 aliphatic carbocycles. The molecule has 76 valence electrons. The van der Waals surface area contributed by atoms with E-state index in [-0.39, 0.29) is 0 Å². The fourth-order valence-electron chi connectivity index (χ4n) is 1.11. The second-order valence-electron chi connectivity index (χ2n) is 3.21. The van der Waals surface area contributed by atoms with Crippen molar-refractivity contribution >= 4 is 5.69 Å². The third-order valence-electron chi connectivity index (χ3n) is 1.86. The topological polar surface area (TPSA) is 79.8 Å². The Kier molecular flexibility index (Phi) is 3.68. The second kappa shape index (κ2) is 4.99. The molecule has 0 amide bonds. The smallest absolute Gasteiger partial charge is 0.101 e. The first-order valence-corrected chi connectivity index (χ1v) is 4.53. The molecule has 0 radical (unpaired) electrons. The van der Waals surface area contributed by atoms with Crippen molar-refractivity contribution in [1.29, 1.82) is 10.5 Å². The number of hydrogen-bond acceptors (Lipinski definition) is 4. The molecule has 2 N–H and O–H groups in total. The van der Waals surface area contributed by atoms with E-state index >= 15 is 0 Å². The molecule has 0 unspecified atom stereocenters. The van der Waals surface area contributed by atoms with Crippen molar-refractivity contribution in [3.63, 3.8) is 0 Å². The number of hydrogen-bond donors (Lipinski definition) is 2. The molecule has 1 aromatic rings. The molecule has 0 bridgehead atoms. The molecule has 1 rings (SSSR count). The Labute approximate surface area is 88.4 Å².